The van der Waals surface area contributed by atoms with Gasteiger partial charge in [-0.1, -0.05) is 42.0 Å². The first-order valence-electron chi connectivity index (χ1n) is 10.3. The molecule has 0 saturated heterocycles. The first-order chi connectivity index (χ1) is 14.3. The predicted octanol–water partition coefficient (Wildman–Crippen LogP) is 7.78. The van der Waals surface area contributed by atoms with Gasteiger partial charge in [0.25, 0.3) is 0 Å². The lowest BCUT2D eigenvalue weighted by molar-refractivity contribution is 0.196. The third-order valence-corrected chi connectivity index (χ3v) is 6.33. The Morgan fingerprint density at radius 2 is 1.37 bits per heavy atom. The Bertz CT molecular complexity index is 1030. The van der Waals surface area contributed by atoms with E-state index >= 15 is 0 Å². The second-order valence-electron chi connectivity index (χ2n) is 8.34. The van der Waals surface area contributed by atoms with Crippen LogP contribution in [0.3, 0.4) is 0 Å². The molecule has 0 spiro atoms. The van der Waals surface area contributed by atoms with E-state index in [1.807, 2.05) is 37.3 Å². The van der Waals surface area contributed by atoms with E-state index in [0.29, 0.717) is 24.0 Å². The highest BCUT2D eigenvalue weighted by atomic mass is 19.1. The van der Waals surface area contributed by atoms with Crippen molar-refractivity contribution >= 4 is 0 Å². The van der Waals surface area contributed by atoms with Gasteiger partial charge in [-0.25, -0.2) is 17.6 Å². The van der Waals surface area contributed by atoms with Crippen molar-refractivity contribution in [2.24, 2.45) is 0 Å². The number of hydrogen-bond donors (Lipinski definition) is 0. The summed E-state index contributed by atoms with van der Waals surface area (Å²) in [5.74, 6) is -2.46. The number of halogens is 4. The SMILES string of the molecule is Cc1ccc(-c2ccc(C3CCC(c4cc(F)c(C)c(F)c4)C(F)C3)c(F)c2)cc1. The second-order valence-corrected chi connectivity index (χ2v) is 8.34. The molecule has 0 aromatic heterocycles. The van der Waals surface area contributed by atoms with E-state index in [0.717, 1.165) is 16.7 Å². The number of rotatable bonds is 3. The average molecular weight is 412 g/mol. The van der Waals surface area contributed by atoms with Crippen molar-refractivity contribution < 1.29 is 17.6 Å². The highest BCUT2D eigenvalue weighted by Gasteiger charge is 2.34. The zero-order chi connectivity index (χ0) is 21.4. The molecule has 3 unspecified atom stereocenters. The van der Waals surface area contributed by atoms with Crippen LogP contribution in [0.1, 0.15) is 53.4 Å². The molecule has 30 heavy (non-hydrogen) atoms. The Labute approximate surface area is 174 Å². The first-order valence-corrected chi connectivity index (χ1v) is 10.3. The number of hydrogen-bond acceptors (Lipinski definition) is 0. The molecule has 3 aromatic carbocycles. The average Bonchev–Trinajstić information content (AvgIpc) is 2.72. The zero-order valence-electron chi connectivity index (χ0n) is 17.1. The Balaban J connectivity index is 1.52. The lowest BCUT2D eigenvalue weighted by Crippen LogP contribution is -2.24. The molecule has 1 aliphatic carbocycles. The molecule has 0 bridgehead atoms. The van der Waals surface area contributed by atoms with Gasteiger partial charge in [0.15, 0.2) is 0 Å². The van der Waals surface area contributed by atoms with Gasteiger partial charge < -0.3 is 0 Å². The highest BCUT2D eigenvalue weighted by molar-refractivity contribution is 5.64. The van der Waals surface area contributed by atoms with E-state index in [4.69, 9.17) is 0 Å². The van der Waals surface area contributed by atoms with Gasteiger partial charge in [0.05, 0.1) is 0 Å². The van der Waals surface area contributed by atoms with Crippen molar-refractivity contribution in [3.63, 3.8) is 0 Å². The monoisotopic (exact) mass is 412 g/mol. The molecule has 0 amide bonds. The van der Waals surface area contributed by atoms with Crippen LogP contribution in [0.4, 0.5) is 17.6 Å². The summed E-state index contributed by atoms with van der Waals surface area (Å²) < 4.78 is 57.7. The lowest BCUT2D eigenvalue weighted by Gasteiger charge is -2.32. The predicted molar refractivity (Wildman–Crippen MR) is 112 cm³/mol. The topological polar surface area (TPSA) is 0 Å². The fourth-order valence-corrected chi connectivity index (χ4v) is 4.44. The number of benzene rings is 3. The summed E-state index contributed by atoms with van der Waals surface area (Å²) in [7, 11) is 0. The molecule has 0 aliphatic heterocycles. The number of alkyl halides is 1. The van der Waals surface area contributed by atoms with Crippen molar-refractivity contribution in [2.45, 2.75) is 51.1 Å². The van der Waals surface area contributed by atoms with E-state index < -0.39 is 23.7 Å². The third kappa shape index (κ3) is 4.00. The molecule has 1 fully saturated rings. The van der Waals surface area contributed by atoms with Crippen molar-refractivity contribution in [2.75, 3.05) is 0 Å². The summed E-state index contributed by atoms with van der Waals surface area (Å²) >= 11 is 0. The minimum atomic E-state index is -1.28. The summed E-state index contributed by atoms with van der Waals surface area (Å²) in [6.45, 7) is 3.36. The summed E-state index contributed by atoms with van der Waals surface area (Å²) in [5, 5.41) is 0. The largest absolute Gasteiger partial charge is 0.247 e. The molecule has 0 heterocycles. The highest BCUT2D eigenvalue weighted by Crippen LogP contribution is 2.43. The van der Waals surface area contributed by atoms with Gasteiger partial charge in [-0.15, -0.1) is 0 Å². The molecule has 0 N–H and O–H groups in total. The van der Waals surface area contributed by atoms with Gasteiger partial charge in [0.1, 0.15) is 23.6 Å². The molecule has 4 rings (SSSR count). The summed E-state index contributed by atoms with van der Waals surface area (Å²) in [6.07, 6.45) is -0.139. The summed E-state index contributed by atoms with van der Waals surface area (Å²) in [6, 6.07) is 15.4. The molecular formula is C26H24F4. The van der Waals surface area contributed by atoms with Crippen LogP contribution in [-0.4, -0.2) is 6.17 Å². The molecule has 3 atom stereocenters. The van der Waals surface area contributed by atoms with Crippen LogP contribution in [-0.2, 0) is 0 Å². The first kappa shape index (κ1) is 20.6. The van der Waals surface area contributed by atoms with Gasteiger partial charge in [0, 0.05) is 11.5 Å². The Kier molecular flexibility index (Phi) is 5.68. The van der Waals surface area contributed by atoms with E-state index in [9.17, 15) is 17.6 Å². The molecular weight excluding hydrogens is 388 g/mol. The maximum Gasteiger partial charge on any atom is 0.129 e. The van der Waals surface area contributed by atoms with Gasteiger partial charge in [-0.05, 0) is 79.5 Å². The molecule has 156 valence electrons. The van der Waals surface area contributed by atoms with E-state index in [-0.39, 0.29) is 23.7 Å². The normalized spacial score (nSPS) is 21.6. The maximum atomic E-state index is 15.0. The van der Waals surface area contributed by atoms with Crippen LogP contribution >= 0.6 is 0 Å². The summed E-state index contributed by atoms with van der Waals surface area (Å²) in [5.41, 5.74) is 3.65. The lowest BCUT2D eigenvalue weighted by atomic mass is 9.74. The van der Waals surface area contributed by atoms with Gasteiger partial charge >= 0.3 is 0 Å². The Morgan fingerprint density at radius 1 is 0.733 bits per heavy atom. The Hall–Kier alpha value is -2.62. The second kappa shape index (κ2) is 8.25. The molecule has 4 heteroatoms. The molecule has 3 aromatic rings. The van der Waals surface area contributed by atoms with Crippen molar-refractivity contribution in [3.8, 4) is 11.1 Å². The fourth-order valence-electron chi connectivity index (χ4n) is 4.44. The van der Waals surface area contributed by atoms with Crippen LogP contribution in [0, 0.1) is 31.3 Å². The standard InChI is InChI=1S/C26H24F4/c1-15-3-5-17(6-4-15)18-7-9-21(25(29)11-18)19-8-10-22(26(30)12-19)20-13-23(27)16(2)24(28)14-20/h3-7,9,11,13-14,19,22,26H,8,10,12H2,1-2H3. The minimum absolute atomic E-state index is 0.0569. The van der Waals surface area contributed by atoms with E-state index in [1.54, 1.807) is 6.07 Å². The van der Waals surface area contributed by atoms with Crippen LogP contribution in [0.15, 0.2) is 54.6 Å². The maximum absolute atomic E-state index is 15.0. The zero-order valence-corrected chi connectivity index (χ0v) is 17.1. The molecule has 1 aliphatic rings. The smallest absolute Gasteiger partial charge is 0.129 e. The van der Waals surface area contributed by atoms with Gasteiger partial charge in [-0.2, -0.15) is 0 Å². The summed E-state index contributed by atoms with van der Waals surface area (Å²) in [4.78, 5) is 0. The van der Waals surface area contributed by atoms with Gasteiger partial charge in [0.2, 0.25) is 0 Å². The van der Waals surface area contributed by atoms with Crippen LogP contribution in [0.5, 0.6) is 0 Å². The van der Waals surface area contributed by atoms with Crippen molar-refractivity contribution in [1.29, 1.82) is 0 Å². The molecule has 1 saturated carbocycles. The van der Waals surface area contributed by atoms with Gasteiger partial charge in [-0.3, -0.25) is 0 Å². The molecule has 0 nitrogen and oxygen atoms in total. The number of aryl methyl sites for hydroxylation is 1. The van der Waals surface area contributed by atoms with Crippen LogP contribution in [0.2, 0.25) is 0 Å². The van der Waals surface area contributed by atoms with Crippen molar-refractivity contribution in [1.82, 2.24) is 0 Å². The minimum Gasteiger partial charge on any atom is -0.247 e. The fraction of sp³-hybridized carbons (Fsp3) is 0.308. The van der Waals surface area contributed by atoms with Crippen molar-refractivity contribution in [3.05, 3.63) is 94.3 Å². The van der Waals surface area contributed by atoms with Crippen LogP contribution < -0.4 is 0 Å². The quantitative estimate of drug-likeness (QED) is 0.385. The van der Waals surface area contributed by atoms with Crippen LogP contribution in [0.25, 0.3) is 11.1 Å². The van der Waals surface area contributed by atoms with E-state index in [1.165, 1.54) is 25.1 Å². The molecule has 0 radical (unpaired) electrons. The van der Waals surface area contributed by atoms with E-state index in [2.05, 4.69) is 0 Å². The third-order valence-electron chi connectivity index (χ3n) is 6.33. The Morgan fingerprint density at radius 3 is 1.97 bits per heavy atom.